The smallest absolute Gasteiger partial charge is 0.339 e. The van der Waals surface area contributed by atoms with Gasteiger partial charge in [-0.25, -0.2) is 23.2 Å². The predicted octanol–water partition coefficient (Wildman–Crippen LogP) is 3.03. The molecule has 0 atom stereocenters. The van der Waals surface area contributed by atoms with E-state index in [1.807, 2.05) is 32.3 Å². The van der Waals surface area contributed by atoms with Crippen LogP contribution in [0.4, 0.5) is 29.6 Å². The standard InChI is InChI=1S/C25H31F3N6O3S/c1-32(2)24(18-6-4-3-5-7-18)10-8-23(9-11-24)17-34(22(35)31-23)19-16-29-21(30-20(19)25(26,27)28)33-12-14-38(36,37)15-13-33/h3-7,16H,8-15,17H2,1-2H3,(H,31,35)/t23-,24+. The molecule has 1 aliphatic carbocycles. The maximum absolute atomic E-state index is 14.1. The van der Waals surface area contributed by atoms with Crippen molar-refractivity contribution in [3.05, 3.63) is 47.8 Å². The highest BCUT2D eigenvalue weighted by Gasteiger charge is 2.52. The molecule has 1 aromatic carbocycles. The third-order valence-corrected chi connectivity index (χ3v) is 9.83. The van der Waals surface area contributed by atoms with Gasteiger partial charge in [0.1, 0.15) is 0 Å². The number of halogens is 3. The lowest BCUT2D eigenvalue weighted by atomic mass is 9.69. The fourth-order valence-corrected chi connectivity index (χ4v) is 7.11. The Balaban J connectivity index is 1.39. The number of nitrogens with zero attached hydrogens (tertiary/aromatic N) is 5. The van der Waals surface area contributed by atoms with Crippen LogP contribution in [0.3, 0.4) is 0 Å². The molecule has 1 N–H and O–H groups in total. The van der Waals surface area contributed by atoms with Crippen molar-refractivity contribution in [3.63, 3.8) is 0 Å². The van der Waals surface area contributed by atoms with Crippen molar-refractivity contribution in [2.75, 3.05) is 55.0 Å². The molecule has 9 nitrogen and oxygen atoms in total. The lowest BCUT2D eigenvalue weighted by Crippen LogP contribution is -2.54. The minimum atomic E-state index is -4.83. The quantitative estimate of drug-likeness (QED) is 0.623. The zero-order valence-corrected chi connectivity index (χ0v) is 22.1. The highest BCUT2D eigenvalue weighted by Crippen LogP contribution is 2.47. The van der Waals surface area contributed by atoms with E-state index < -0.39 is 39.0 Å². The Kier molecular flexibility index (Phi) is 6.57. The van der Waals surface area contributed by atoms with Crippen molar-refractivity contribution in [2.24, 2.45) is 0 Å². The average molecular weight is 553 g/mol. The van der Waals surface area contributed by atoms with Crippen LogP contribution in [0.5, 0.6) is 0 Å². The predicted molar refractivity (Wildman–Crippen MR) is 137 cm³/mol. The molecular weight excluding hydrogens is 521 g/mol. The van der Waals surface area contributed by atoms with Crippen LogP contribution < -0.4 is 15.1 Å². The van der Waals surface area contributed by atoms with E-state index in [1.165, 1.54) is 10.5 Å². The Bertz CT molecular complexity index is 1300. The van der Waals surface area contributed by atoms with Gasteiger partial charge in [-0.3, -0.25) is 9.80 Å². The summed E-state index contributed by atoms with van der Waals surface area (Å²) >= 11 is 0. The van der Waals surface area contributed by atoms with Crippen LogP contribution in [0.25, 0.3) is 0 Å². The van der Waals surface area contributed by atoms with E-state index in [4.69, 9.17) is 0 Å². The molecule has 3 fully saturated rings. The van der Waals surface area contributed by atoms with Gasteiger partial charge in [0.2, 0.25) is 5.95 Å². The number of carbonyl (C=O) groups excluding carboxylic acids is 1. The number of hydrogen-bond acceptors (Lipinski definition) is 7. The molecule has 13 heteroatoms. The van der Waals surface area contributed by atoms with Gasteiger partial charge in [0.15, 0.2) is 15.5 Å². The first-order valence-electron chi connectivity index (χ1n) is 12.6. The number of aromatic nitrogens is 2. The van der Waals surface area contributed by atoms with E-state index in [2.05, 4.69) is 32.3 Å². The maximum atomic E-state index is 14.1. The molecule has 38 heavy (non-hydrogen) atoms. The number of hydrogen-bond donors (Lipinski definition) is 1. The Labute approximate surface area is 219 Å². The number of urea groups is 1. The summed E-state index contributed by atoms with van der Waals surface area (Å²) in [5.74, 6) is -0.538. The molecule has 1 aromatic heterocycles. The number of alkyl halides is 3. The molecule has 3 aliphatic rings. The first kappa shape index (κ1) is 26.7. The van der Waals surface area contributed by atoms with E-state index >= 15 is 0 Å². The SMILES string of the molecule is CN(C)[C@]1(c2ccccc2)CC[C@]2(CC1)CN(c1cnc(N3CCS(=O)(=O)CC3)nc1C(F)(F)F)C(=O)N2. The molecular formula is C25H31F3N6O3S. The molecule has 5 rings (SSSR count). The van der Waals surface area contributed by atoms with Gasteiger partial charge in [0.25, 0.3) is 0 Å². The highest BCUT2D eigenvalue weighted by molar-refractivity contribution is 7.91. The van der Waals surface area contributed by atoms with Crippen molar-refractivity contribution in [3.8, 4) is 0 Å². The van der Waals surface area contributed by atoms with Crippen LogP contribution >= 0.6 is 0 Å². The largest absolute Gasteiger partial charge is 0.435 e. The molecule has 2 saturated heterocycles. The summed E-state index contributed by atoms with van der Waals surface area (Å²) in [4.78, 5) is 25.7. The number of sulfone groups is 1. The zero-order valence-electron chi connectivity index (χ0n) is 21.3. The van der Waals surface area contributed by atoms with Crippen LogP contribution in [-0.2, 0) is 21.6 Å². The molecule has 1 saturated carbocycles. The van der Waals surface area contributed by atoms with Crippen LogP contribution in [0.15, 0.2) is 36.5 Å². The van der Waals surface area contributed by atoms with Crippen molar-refractivity contribution in [1.82, 2.24) is 20.2 Å². The Morgan fingerprint density at radius 2 is 1.66 bits per heavy atom. The van der Waals surface area contributed by atoms with Crippen LogP contribution in [0.2, 0.25) is 0 Å². The van der Waals surface area contributed by atoms with E-state index in [1.54, 1.807) is 0 Å². The molecule has 0 unspecified atom stereocenters. The van der Waals surface area contributed by atoms with Gasteiger partial charge in [-0.15, -0.1) is 0 Å². The van der Waals surface area contributed by atoms with Gasteiger partial charge in [-0.05, 0) is 45.3 Å². The summed E-state index contributed by atoms with van der Waals surface area (Å²) in [7, 11) is 0.827. The number of amides is 2. The molecule has 2 amide bonds. The van der Waals surface area contributed by atoms with E-state index in [9.17, 15) is 26.4 Å². The van der Waals surface area contributed by atoms with Gasteiger partial charge in [-0.1, -0.05) is 30.3 Å². The summed E-state index contributed by atoms with van der Waals surface area (Å²) in [6.45, 7) is 0.112. The molecule has 2 aliphatic heterocycles. The first-order valence-corrected chi connectivity index (χ1v) is 14.4. The lowest BCUT2D eigenvalue weighted by molar-refractivity contribution is -0.140. The average Bonchev–Trinajstić information content (AvgIpc) is 3.19. The third-order valence-electron chi connectivity index (χ3n) is 8.22. The minimum absolute atomic E-state index is 0.0152. The van der Waals surface area contributed by atoms with Gasteiger partial charge in [0.05, 0.1) is 35.5 Å². The Hall–Kier alpha value is -2.93. The monoisotopic (exact) mass is 552 g/mol. The highest BCUT2D eigenvalue weighted by atomic mass is 32.2. The zero-order chi connectivity index (χ0) is 27.3. The lowest BCUT2D eigenvalue weighted by Gasteiger charge is -2.48. The van der Waals surface area contributed by atoms with Crippen molar-refractivity contribution in [1.29, 1.82) is 0 Å². The van der Waals surface area contributed by atoms with Crippen LogP contribution in [0, 0.1) is 0 Å². The minimum Gasteiger partial charge on any atom is -0.339 e. The van der Waals surface area contributed by atoms with Gasteiger partial charge in [-0.2, -0.15) is 13.2 Å². The second-order valence-corrected chi connectivity index (χ2v) is 12.9. The molecule has 2 aromatic rings. The maximum Gasteiger partial charge on any atom is 0.435 e. The second-order valence-electron chi connectivity index (χ2n) is 10.6. The fraction of sp³-hybridized carbons (Fsp3) is 0.560. The molecule has 0 radical (unpaired) electrons. The van der Waals surface area contributed by atoms with Crippen LogP contribution in [0.1, 0.15) is 36.9 Å². The Morgan fingerprint density at radius 1 is 1.03 bits per heavy atom. The van der Waals surface area contributed by atoms with E-state index in [0.29, 0.717) is 12.8 Å². The molecule has 1 spiro atoms. The number of nitrogens with one attached hydrogen (secondary N) is 1. The summed E-state index contributed by atoms with van der Waals surface area (Å²) in [5.41, 5.74) is -1.31. The van der Waals surface area contributed by atoms with Gasteiger partial charge < -0.3 is 10.2 Å². The normalized spacial score (nSPS) is 27.7. The van der Waals surface area contributed by atoms with Gasteiger partial charge >= 0.3 is 12.2 Å². The number of anilines is 2. The number of carbonyl (C=O) groups is 1. The second kappa shape index (κ2) is 9.37. The van der Waals surface area contributed by atoms with Crippen LogP contribution in [-0.4, -0.2) is 80.1 Å². The van der Waals surface area contributed by atoms with Crippen molar-refractivity contribution in [2.45, 2.75) is 42.9 Å². The number of rotatable bonds is 4. The Morgan fingerprint density at radius 3 is 2.24 bits per heavy atom. The van der Waals surface area contributed by atoms with E-state index in [0.717, 1.165) is 23.9 Å². The van der Waals surface area contributed by atoms with E-state index in [-0.39, 0.29) is 42.6 Å². The number of benzene rings is 1. The molecule has 3 heterocycles. The summed E-state index contributed by atoms with van der Waals surface area (Å²) in [5, 5.41) is 2.98. The fourth-order valence-electron chi connectivity index (χ4n) is 5.91. The van der Waals surface area contributed by atoms with Crippen molar-refractivity contribution >= 4 is 27.5 Å². The first-order chi connectivity index (χ1) is 17.8. The summed E-state index contributed by atoms with van der Waals surface area (Å²) in [6.07, 6.45) is -1.13. The summed E-state index contributed by atoms with van der Waals surface area (Å²) in [6, 6.07) is 9.52. The molecule has 206 valence electrons. The summed E-state index contributed by atoms with van der Waals surface area (Å²) < 4.78 is 65.9. The third kappa shape index (κ3) is 4.81. The molecule has 0 bridgehead atoms. The topological polar surface area (TPSA) is 98.7 Å². The van der Waals surface area contributed by atoms with Gasteiger partial charge in [0, 0.05) is 18.6 Å². The van der Waals surface area contributed by atoms with Crippen molar-refractivity contribution < 1.29 is 26.4 Å².